The van der Waals surface area contributed by atoms with Gasteiger partial charge in [0, 0.05) is 24.2 Å². The molecule has 0 heterocycles. The summed E-state index contributed by atoms with van der Waals surface area (Å²) in [7, 11) is -3.61. The average Bonchev–Trinajstić information content (AvgIpc) is 2.62. The maximum Gasteiger partial charge on any atom is 0.243 e. The van der Waals surface area contributed by atoms with E-state index in [1.54, 1.807) is 13.8 Å². The molecule has 0 radical (unpaired) electrons. The lowest BCUT2D eigenvalue weighted by atomic mass is 10.1. The van der Waals surface area contributed by atoms with Gasteiger partial charge in [0.05, 0.1) is 4.90 Å². The Bertz CT molecular complexity index is 898. The molecule has 2 rings (SSSR count). The number of hydrogen-bond acceptors (Lipinski definition) is 3. The Morgan fingerprint density at radius 2 is 1.54 bits per heavy atom. The van der Waals surface area contributed by atoms with Crippen LogP contribution < -0.4 is 0 Å². The Balaban J connectivity index is 2.23. The smallest absolute Gasteiger partial charge is 0.243 e. The van der Waals surface area contributed by atoms with Crippen molar-refractivity contribution in [1.29, 1.82) is 0 Å². The predicted molar refractivity (Wildman–Crippen MR) is 96.3 cm³/mol. The molecule has 0 saturated heterocycles. The number of carbonyl (C=O) groups excluding carboxylic acids is 1. The van der Waals surface area contributed by atoms with Gasteiger partial charge in [-0.1, -0.05) is 19.9 Å². The SMILES string of the molecule is CCN(CC)S(=O)(=O)c1ccc(C(=O)C=Cc2c(F)cccc2F)cc1. The number of benzene rings is 2. The first-order valence-corrected chi connectivity index (χ1v) is 9.51. The number of halogens is 2. The number of nitrogens with zero attached hydrogens (tertiary/aromatic N) is 1. The fraction of sp³-hybridized carbons (Fsp3) is 0.211. The molecule has 0 aliphatic carbocycles. The predicted octanol–water partition coefficient (Wildman–Crippen LogP) is 3.89. The third kappa shape index (κ3) is 4.23. The van der Waals surface area contributed by atoms with E-state index in [0.29, 0.717) is 13.1 Å². The quantitative estimate of drug-likeness (QED) is 0.542. The number of carbonyl (C=O) groups is 1. The van der Waals surface area contributed by atoms with Gasteiger partial charge >= 0.3 is 0 Å². The summed E-state index contributed by atoms with van der Waals surface area (Å²) in [6, 6.07) is 8.87. The Morgan fingerprint density at radius 1 is 1.00 bits per heavy atom. The molecule has 0 N–H and O–H groups in total. The Hall–Kier alpha value is -2.38. The average molecular weight is 379 g/mol. The molecule has 0 saturated carbocycles. The lowest BCUT2D eigenvalue weighted by Crippen LogP contribution is -2.30. The van der Waals surface area contributed by atoms with E-state index in [1.807, 2.05) is 0 Å². The maximum atomic E-state index is 13.6. The zero-order valence-electron chi connectivity index (χ0n) is 14.4. The first-order valence-electron chi connectivity index (χ1n) is 8.07. The summed E-state index contributed by atoms with van der Waals surface area (Å²) in [6.45, 7) is 4.17. The van der Waals surface area contributed by atoms with Crippen LogP contribution in [0, 0.1) is 11.6 Å². The molecule has 0 aliphatic heterocycles. The van der Waals surface area contributed by atoms with Gasteiger partial charge < -0.3 is 0 Å². The van der Waals surface area contributed by atoms with Crippen LogP contribution in [-0.4, -0.2) is 31.6 Å². The molecule has 0 bridgehead atoms. The molecular weight excluding hydrogens is 360 g/mol. The Labute approximate surface area is 151 Å². The minimum Gasteiger partial charge on any atom is -0.289 e. The molecular formula is C19H19F2NO3S. The molecule has 138 valence electrons. The van der Waals surface area contributed by atoms with E-state index in [9.17, 15) is 22.0 Å². The summed E-state index contributed by atoms with van der Waals surface area (Å²) < 4.78 is 53.2. The molecule has 0 amide bonds. The first kappa shape index (κ1) is 19.9. The van der Waals surface area contributed by atoms with Gasteiger partial charge in [-0.3, -0.25) is 4.79 Å². The van der Waals surface area contributed by atoms with E-state index in [1.165, 1.54) is 34.6 Å². The van der Waals surface area contributed by atoms with Crippen molar-refractivity contribution in [2.45, 2.75) is 18.7 Å². The minimum absolute atomic E-state index is 0.0851. The van der Waals surface area contributed by atoms with E-state index in [0.717, 1.165) is 24.3 Å². The molecule has 0 aromatic heterocycles. The van der Waals surface area contributed by atoms with Crippen molar-refractivity contribution in [2.75, 3.05) is 13.1 Å². The third-order valence-electron chi connectivity index (χ3n) is 3.88. The van der Waals surface area contributed by atoms with Crippen LogP contribution in [-0.2, 0) is 10.0 Å². The summed E-state index contributed by atoms with van der Waals surface area (Å²) in [6.07, 6.45) is 2.11. The highest BCUT2D eigenvalue weighted by Gasteiger charge is 2.21. The second-order valence-corrected chi connectivity index (χ2v) is 7.38. The van der Waals surface area contributed by atoms with Gasteiger partial charge in [0.15, 0.2) is 5.78 Å². The van der Waals surface area contributed by atoms with Gasteiger partial charge in [-0.05, 0) is 48.6 Å². The van der Waals surface area contributed by atoms with Crippen LogP contribution in [0.3, 0.4) is 0 Å². The van der Waals surface area contributed by atoms with Crippen LogP contribution in [0.5, 0.6) is 0 Å². The second-order valence-electron chi connectivity index (χ2n) is 5.45. The summed E-state index contributed by atoms with van der Waals surface area (Å²) in [4.78, 5) is 12.2. The van der Waals surface area contributed by atoms with Gasteiger partial charge in [-0.2, -0.15) is 4.31 Å². The Kier molecular flexibility index (Phi) is 6.39. The number of allylic oxidation sites excluding steroid dienone is 1. The standard InChI is InChI=1S/C19H19F2NO3S/c1-3-22(4-2)26(24,25)15-10-8-14(9-11-15)19(23)13-12-16-17(20)6-5-7-18(16)21/h5-13H,3-4H2,1-2H3. The molecule has 0 unspecified atom stereocenters. The zero-order chi connectivity index (χ0) is 19.3. The minimum atomic E-state index is -3.61. The van der Waals surface area contributed by atoms with Crippen molar-refractivity contribution in [3.8, 4) is 0 Å². The largest absolute Gasteiger partial charge is 0.289 e. The van der Waals surface area contributed by atoms with Gasteiger partial charge in [0.25, 0.3) is 0 Å². The van der Waals surface area contributed by atoms with Crippen LogP contribution in [0.15, 0.2) is 53.4 Å². The van der Waals surface area contributed by atoms with Crippen molar-refractivity contribution >= 4 is 21.9 Å². The fourth-order valence-electron chi connectivity index (χ4n) is 2.43. The summed E-state index contributed by atoms with van der Waals surface area (Å²) >= 11 is 0. The number of sulfonamides is 1. The molecule has 4 nitrogen and oxygen atoms in total. The van der Waals surface area contributed by atoms with Crippen LogP contribution >= 0.6 is 0 Å². The van der Waals surface area contributed by atoms with Gasteiger partial charge in [-0.25, -0.2) is 17.2 Å². The number of rotatable bonds is 7. The third-order valence-corrected chi connectivity index (χ3v) is 5.95. The highest BCUT2D eigenvalue weighted by Crippen LogP contribution is 2.18. The highest BCUT2D eigenvalue weighted by molar-refractivity contribution is 7.89. The van der Waals surface area contributed by atoms with Gasteiger partial charge in [0.2, 0.25) is 10.0 Å². The number of hydrogen-bond donors (Lipinski definition) is 0. The molecule has 0 aliphatic rings. The summed E-state index contributed by atoms with van der Waals surface area (Å²) in [5.74, 6) is -2.02. The van der Waals surface area contributed by atoms with Crippen LogP contribution in [0.4, 0.5) is 8.78 Å². The Morgan fingerprint density at radius 3 is 2.04 bits per heavy atom. The fourth-order valence-corrected chi connectivity index (χ4v) is 3.89. The van der Waals surface area contributed by atoms with Crippen molar-refractivity contribution < 1.29 is 22.0 Å². The van der Waals surface area contributed by atoms with Crippen molar-refractivity contribution in [3.63, 3.8) is 0 Å². The van der Waals surface area contributed by atoms with E-state index in [2.05, 4.69) is 0 Å². The van der Waals surface area contributed by atoms with Gasteiger partial charge in [-0.15, -0.1) is 0 Å². The molecule has 2 aromatic carbocycles. The maximum absolute atomic E-state index is 13.6. The lowest BCUT2D eigenvalue weighted by Gasteiger charge is -2.18. The molecule has 7 heteroatoms. The first-order chi connectivity index (χ1) is 12.3. The van der Waals surface area contributed by atoms with Crippen molar-refractivity contribution in [3.05, 3.63) is 71.3 Å². The van der Waals surface area contributed by atoms with E-state index >= 15 is 0 Å². The summed E-state index contributed by atoms with van der Waals surface area (Å²) in [5, 5.41) is 0. The van der Waals surface area contributed by atoms with Crippen molar-refractivity contribution in [1.82, 2.24) is 4.31 Å². The molecule has 26 heavy (non-hydrogen) atoms. The second kappa shape index (κ2) is 8.33. The van der Waals surface area contributed by atoms with E-state index in [-0.39, 0.29) is 16.0 Å². The molecule has 0 atom stereocenters. The topological polar surface area (TPSA) is 54.5 Å². The molecule has 0 fully saturated rings. The van der Waals surface area contributed by atoms with Crippen LogP contribution in [0.25, 0.3) is 6.08 Å². The van der Waals surface area contributed by atoms with Crippen molar-refractivity contribution in [2.24, 2.45) is 0 Å². The van der Waals surface area contributed by atoms with Crippen LogP contribution in [0.1, 0.15) is 29.8 Å². The number of ketones is 1. The molecule has 2 aromatic rings. The monoisotopic (exact) mass is 379 g/mol. The normalized spacial score (nSPS) is 12.0. The molecule has 0 spiro atoms. The van der Waals surface area contributed by atoms with E-state index < -0.39 is 27.4 Å². The van der Waals surface area contributed by atoms with Crippen LogP contribution in [0.2, 0.25) is 0 Å². The summed E-state index contributed by atoms with van der Waals surface area (Å²) in [5.41, 5.74) is -0.0851. The zero-order valence-corrected chi connectivity index (χ0v) is 15.3. The van der Waals surface area contributed by atoms with Gasteiger partial charge in [0.1, 0.15) is 11.6 Å². The highest BCUT2D eigenvalue weighted by atomic mass is 32.2. The van der Waals surface area contributed by atoms with E-state index in [4.69, 9.17) is 0 Å². The lowest BCUT2D eigenvalue weighted by molar-refractivity contribution is 0.104.